The molecule has 0 amide bonds. The predicted molar refractivity (Wildman–Crippen MR) is 105 cm³/mol. The molecule has 5 nitrogen and oxygen atoms in total. The third-order valence-corrected chi connectivity index (χ3v) is 5.79. The molecule has 1 saturated heterocycles. The Balaban J connectivity index is 1.75. The van der Waals surface area contributed by atoms with Crippen LogP contribution >= 0.6 is 0 Å². The summed E-state index contributed by atoms with van der Waals surface area (Å²) in [6, 6.07) is 15.8. The molecule has 3 aromatic rings. The van der Waals surface area contributed by atoms with Gasteiger partial charge in [-0.2, -0.15) is 0 Å². The molecule has 5 heteroatoms. The fourth-order valence-corrected chi connectivity index (χ4v) is 4.43. The minimum absolute atomic E-state index is 0.680. The lowest BCUT2D eigenvalue weighted by Gasteiger charge is -2.34. The average Bonchev–Trinajstić information content (AvgIpc) is 3.37. The third kappa shape index (κ3) is 2.39. The molecule has 1 N–H and O–H groups in total. The molecule has 1 atom stereocenters. The molecule has 0 bridgehead atoms. The van der Waals surface area contributed by atoms with E-state index < -0.39 is 5.60 Å². The summed E-state index contributed by atoms with van der Waals surface area (Å²) < 4.78 is 1.81. The van der Waals surface area contributed by atoms with Crippen molar-refractivity contribution >= 4 is 0 Å². The molecular weight excluding hydrogens is 336 g/mol. The Kier molecular flexibility index (Phi) is 3.74. The van der Waals surface area contributed by atoms with E-state index in [0.29, 0.717) is 6.54 Å². The number of hydrogen-bond acceptors (Lipinski definition) is 4. The summed E-state index contributed by atoms with van der Waals surface area (Å²) in [5.74, 6) is 0. The Morgan fingerprint density at radius 1 is 1.04 bits per heavy atom. The number of hydrogen-bond donors (Lipinski definition) is 1. The second-order valence-electron chi connectivity index (χ2n) is 7.39. The smallest absolute Gasteiger partial charge is 0.140 e. The largest absolute Gasteiger partial charge is 0.376 e. The van der Waals surface area contributed by atoms with Gasteiger partial charge in [0.25, 0.3) is 0 Å². The first-order chi connectivity index (χ1) is 13.2. The first kappa shape index (κ1) is 16.4. The first-order valence-electron chi connectivity index (χ1n) is 9.43. The van der Waals surface area contributed by atoms with Gasteiger partial charge < -0.3 is 5.11 Å². The van der Waals surface area contributed by atoms with Gasteiger partial charge in [0.2, 0.25) is 0 Å². The van der Waals surface area contributed by atoms with Crippen LogP contribution in [0, 0.1) is 0 Å². The zero-order valence-corrected chi connectivity index (χ0v) is 15.2. The normalized spacial score (nSPS) is 21.2. The number of likely N-dealkylation sites (tertiary alicyclic amines) is 1. The van der Waals surface area contributed by atoms with Gasteiger partial charge in [-0.25, -0.2) is 4.68 Å². The number of aromatic nitrogens is 3. The summed E-state index contributed by atoms with van der Waals surface area (Å²) in [7, 11) is 0. The Morgan fingerprint density at radius 3 is 2.56 bits per heavy atom. The summed E-state index contributed by atoms with van der Waals surface area (Å²) in [5.41, 5.74) is 3.80. The van der Waals surface area contributed by atoms with Crippen LogP contribution in [-0.4, -0.2) is 44.6 Å². The van der Waals surface area contributed by atoms with Crippen LogP contribution in [0.4, 0.5) is 0 Å². The van der Waals surface area contributed by atoms with E-state index in [1.165, 1.54) is 12.8 Å². The zero-order valence-electron chi connectivity index (χ0n) is 15.2. The van der Waals surface area contributed by atoms with Crippen molar-refractivity contribution in [3.8, 4) is 16.9 Å². The molecule has 2 aromatic carbocycles. The van der Waals surface area contributed by atoms with Crippen LogP contribution < -0.4 is 0 Å². The lowest BCUT2D eigenvalue weighted by atomic mass is 9.78. The summed E-state index contributed by atoms with van der Waals surface area (Å²) in [5, 5.41) is 20.6. The molecular formula is C22H22N4O. The standard InChI is InChI=1S/C22H22N4O/c1-16(15-25-12-6-7-13-25)22(27)18-9-3-2-8-17(18)21-14-23-24-26(21)20-11-5-4-10-19(20)22/h2-5,8-11,14,27H,1,6-7,12-13,15H2. The summed E-state index contributed by atoms with van der Waals surface area (Å²) in [6.07, 6.45) is 4.17. The molecule has 0 saturated carbocycles. The first-order valence-corrected chi connectivity index (χ1v) is 9.43. The predicted octanol–water partition coefficient (Wildman–Crippen LogP) is 3.14. The molecule has 2 aliphatic rings. The van der Waals surface area contributed by atoms with Crippen LogP contribution in [0.15, 0.2) is 66.9 Å². The van der Waals surface area contributed by atoms with Gasteiger partial charge in [0, 0.05) is 23.2 Å². The van der Waals surface area contributed by atoms with E-state index in [9.17, 15) is 5.11 Å². The van der Waals surface area contributed by atoms with Crippen LogP contribution in [0.3, 0.4) is 0 Å². The van der Waals surface area contributed by atoms with Crippen molar-refractivity contribution in [3.63, 3.8) is 0 Å². The molecule has 0 spiro atoms. The van der Waals surface area contributed by atoms with Gasteiger partial charge in [0.1, 0.15) is 5.60 Å². The van der Waals surface area contributed by atoms with E-state index in [1.54, 1.807) is 6.20 Å². The number of rotatable bonds is 3. The Labute approximate surface area is 158 Å². The highest BCUT2D eigenvalue weighted by molar-refractivity contribution is 5.73. The highest BCUT2D eigenvalue weighted by atomic mass is 16.3. The SMILES string of the molecule is C=C(CN1CCCC1)C1(O)c2ccccc2-c2cnnn2-c2ccccc21. The third-order valence-electron chi connectivity index (χ3n) is 5.79. The van der Waals surface area contributed by atoms with Gasteiger partial charge in [-0.1, -0.05) is 54.3 Å². The second-order valence-corrected chi connectivity index (χ2v) is 7.39. The summed E-state index contributed by atoms with van der Waals surface area (Å²) >= 11 is 0. The molecule has 1 aromatic heterocycles. The molecule has 1 unspecified atom stereocenters. The molecule has 27 heavy (non-hydrogen) atoms. The molecule has 5 rings (SSSR count). The van der Waals surface area contributed by atoms with Gasteiger partial charge in [-0.05, 0) is 37.6 Å². The van der Waals surface area contributed by atoms with E-state index in [-0.39, 0.29) is 0 Å². The lowest BCUT2D eigenvalue weighted by molar-refractivity contribution is 0.112. The van der Waals surface area contributed by atoms with Crippen molar-refractivity contribution in [2.75, 3.05) is 19.6 Å². The highest BCUT2D eigenvalue weighted by Crippen LogP contribution is 2.46. The summed E-state index contributed by atoms with van der Waals surface area (Å²) in [6.45, 7) is 7.16. The maximum atomic E-state index is 12.2. The number of aliphatic hydroxyl groups is 1. The fraction of sp³-hybridized carbons (Fsp3) is 0.273. The van der Waals surface area contributed by atoms with Crippen LogP contribution in [-0.2, 0) is 5.60 Å². The van der Waals surface area contributed by atoms with E-state index in [4.69, 9.17) is 0 Å². The zero-order chi connectivity index (χ0) is 18.4. The molecule has 0 radical (unpaired) electrons. The molecule has 136 valence electrons. The van der Waals surface area contributed by atoms with Crippen molar-refractivity contribution in [2.45, 2.75) is 18.4 Å². The van der Waals surface area contributed by atoms with E-state index in [1.807, 2.05) is 53.2 Å². The van der Waals surface area contributed by atoms with Gasteiger partial charge in [-0.3, -0.25) is 4.90 Å². The number of fused-ring (bicyclic) bond motifs is 5. The van der Waals surface area contributed by atoms with Gasteiger partial charge in [0.05, 0.1) is 17.6 Å². The van der Waals surface area contributed by atoms with Gasteiger partial charge in [-0.15, -0.1) is 5.10 Å². The quantitative estimate of drug-likeness (QED) is 0.731. The monoisotopic (exact) mass is 358 g/mol. The average molecular weight is 358 g/mol. The topological polar surface area (TPSA) is 54.2 Å². The maximum absolute atomic E-state index is 12.2. The van der Waals surface area contributed by atoms with Crippen LogP contribution in [0.5, 0.6) is 0 Å². The Hall–Kier alpha value is -2.76. The van der Waals surface area contributed by atoms with Crippen LogP contribution in [0.1, 0.15) is 24.0 Å². The molecule has 3 heterocycles. The molecule has 1 fully saturated rings. The van der Waals surface area contributed by atoms with Crippen molar-refractivity contribution in [3.05, 3.63) is 78.0 Å². The second kappa shape index (κ2) is 6.15. The Bertz CT molecular complexity index is 954. The molecule has 2 aliphatic heterocycles. The van der Waals surface area contributed by atoms with Crippen molar-refractivity contribution < 1.29 is 5.11 Å². The highest BCUT2D eigenvalue weighted by Gasteiger charge is 2.42. The van der Waals surface area contributed by atoms with E-state index in [0.717, 1.165) is 46.7 Å². The van der Waals surface area contributed by atoms with Crippen molar-refractivity contribution in [2.24, 2.45) is 0 Å². The molecule has 0 aliphatic carbocycles. The number of para-hydroxylation sites is 1. The number of benzene rings is 2. The van der Waals surface area contributed by atoms with E-state index in [2.05, 4.69) is 21.8 Å². The Morgan fingerprint density at radius 2 is 1.74 bits per heavy atom. The van der Waals surface area contributed by atoms with Gasteiger partial charge in [0.15, 0.2) is 0 Å². The lowest BCUT2D eigenvalue weighted by Crippen LogP contribution is -2.36. The minimum atomic E-state index is -1.28. The van der Waals surface area contributed by atoms with Crippen LogP contribution in [0.2, 0.25) is 0 Å². The number of nitrogens with zero attached hydrogens (tertiary/aromatic N) is 4. The van der Waals surface area contributed by atoms with Crippen LogP contribution in [0.25, 0.3) is 16.9 Å². The van der Waals surface area contributed by atoms with Gasteiger partial charge >= 0.3 is 0 Å². The maximum Gasteiger partial charge on any atom is 0.140 e. The fourth-order valence-electron chi connectivity index (χ4n) is 4.43. The van der Waals surface area contributed by atoms with Crippen molar-refractivity contribution in [1.29, 1.82) is 0 Å². The van der Waals surface area contributed by atoms with E-state index >= 15 is 0 Å². The minimum Gasteiger partial charge on any atom is -0.376 e. The summed E-state index contributed by atoms with van der Waals surface area (Å²) in [4.78, 5) is 2.37. The van der Waals surface area contributed by atoms with Crippen molar-refractivity contribution in [1.82, 2.24) is 19.9 Å².